The predicted molar refractivity (Wildman–Crippen MR) is 52.9 cm³/mol. The lowest BCUT2D eigenvalue weighted by atomic mass is 10.2. The van der Waals surface area contributed by atoms with Crippen molar-refractivity contribution in [3.63, 3.8) is 0 Å². The van der Waals surface area contributed by atoms with Gasteiger partial charge in [0.05, 0.1) is 17.3 Å². The van der Waals surface area contributed by atoms with Gasteiger partial charge in [0.2, 0.25) is 0 Å². The molecule has 0 spiro atoms. The van der Waals surface area contributed by atoms with Crippen molar-refractivity contribution in [1.82, 2.24) is 13.7 Å². The van der Waals surface area contributed by atoms with Crippen molar-refractivity contribution >= 4 is 23.3 Å². The van der Waals surface area contributed by atoms with Crippen molar-refractivity contribution in [3.8, 4) is 17.3 Å². The maximum atomic E-state index is 8.67. The third kappa shape index (κ3) is 1.58. The number of halogens is 1. The molecule has 0 radical (unpaired) electrons. The molecule has 2 heterocycles. The van der Waals surface area contributed by atoms with Crippen molar-refractivity contribution in [2.24, 2.45) is 0 Å². The molecule has 0 aliphatic carbocycles. The molecule has 0 aliphatic rings. The SMILES string of the molecule is N#Cc1cncc(-c2nsnc2Cl)c1. The van der Waals surface area contributed by atoms with E-state index in [1.165, 1.54) is 6.20 Å². The number of nitrogens with zero attached hydrogens (tertiary/aromatic N) is 4. The molecule has 68 valence electrons. The third-order valence-corrected chi connectivity index (χ3v) is 2.48. The maximum Gasteiger partial charge on any atom is 0.170 e. The fourth-order valence-corrected chi connectivity index (χ4v) is 1.75. The van der Waals surface area contributed by atoms with Crippen molar-refractivity contribution < 1.29 is 0 Å². The summed E-state index contributed by atoms with van der Waals surface area (Å²) in [5.41, 5.74) is 1.76. The van der Waals surface area contributed by atoms with Gasteiger partial charge in [0.15, 0.2) is 5.15 Å². The monoisotopic (exact) mass is 222 g/mol. The van der Waals surface area contributed by atoms with Gasteiger partial charge in [0, 0.05) is 18.0 Å². The standard InChI is InChI=1S/C8H3ClN4S/c9-8-7(12-14-13-8)6-1-5(2-10)3-11-4-6/h1,3-4H. The summed E-state index contributed by atoms with van der Waals surface area (Å²) >= 11 is 6.83. The van der Waals surface area contributed by atoms with Crippen molar-refractivity contribution in [1.29, 1.82) is 5.26 Å². The van der Waals surface area contributed by atoms with Crippen LogP contribution in [0.5, 0.6) is 0 Å². The zero-order valence-electron chi connectivity index (χ0n) is 6.81. The largest absolute Gasteiger partial charge is 0.263 e. The van der Waals surface area contributed by atoms with E-state index in [9.17, 15) is 0 Å². The van der Waals surface area contributed by atoms with Crippen LogP contribution in [0.2, 0.25) is 5.15 Å². The van der Waals surface area contributed by atoms with Gasteiger partial charge in [-0.1, -0.05) is 11.6 Å². The van der Waals surface area contributed by atoms with Gasteiger partial charge in [-0.3, -0.25) is 4.98 Å². The summed E-state index contributed by atoms with van der Waals surface area (Å²) in [6.45, 7) is 0. The van der Waals surface area contributed by atoms with Gasteiger partial charge in [-0.25, -0.2) is 0 Å². The molecule has 14 heavy (non-hydrogen) atoms. The Morgan fingerprint density at radius 3 is 2.86 bits per heavy atom. The number of rotatable bonds is 1. The highest BCUT2D eigenvalue weighted by molar-refractivity contribution is 6.99. The average Bonchev–Trinajstić information content (AvgIpc) is 2.65. The van der Waals surface area contributed by atoms with Crippen LogP contribution in [-0.2, 0) is 0 Å². The molecule has 4 nitrogen and oxygen atoms in total. The fraction of sp³-hybridized carbons (Fsp3) is 0. The van der Waals surface area contributed by atoms with Gasteiger partial charge >= 0.3 is 0 Å². The first kappa shape index (κ1) is 9.06. The van der Waals surface area contributed by atoms with E-state index in [4.69, 9.17) is 16.9 Å². The van der Waals surface area contributed by atoms with E-state index >= 15 is 0 Å². The minimum atomic E-state index is 0.340. The molecule has 0 amide bonds. The molecule has 2 rings (SSSR count). The highest BCUT2D eigenvalue weighted by Gasteiger charge is 2.08. The first-order chi connectivity index (χ1) is 6.81. The first-order valence-corrected chi connectivity index (χ1v) is 4.75. The van der Waals surface area contributed by atoms with Gasteiger partial charge in [-0.15, -0.1) is 0 Å². The van der Waals surface area contributed by atoms with E-state index < -0.39 is 0 Å². The fourth-order valence-electron chi connectivity index (χ4n) is 0.980. The molecule has 0 unspecified atom stereocenters. The minimum absolute atomic E-state index is 0.340. The Labute approximate surface area is 89.1 Å². The normalized spacial score (nSPS) is 9.71. The van der Waals surface area contributed by atoms with Crippen LogP contribution >= 0.6 is 23.3 Å². The van der Waals surface area contributed by atoms with Gasteiger partial charge in [0.1, 0.15) is 11.8 Å². The predicted octanol–water partition coefficient (Wildman–Crippen LogP) is 2.13. The number of hydrogen-bond donors (Lipinski definition) is 0. The molecule has 0 N–H and O–H groups in total. The van der Waals surface area contributed by atoms with Crippen LogP contribution in [0.1, 0.15) is 5.56 Å². The highest BCUT2D eigenvalue weighted by Crippen LogP contribution is 2.25. The summed E-state index contributed by atoms with van der Waals surface area (Å²) in [6.07, 6.45) is 3.08. The lowest BCUT2D eigenvalue weighted by Crippen LogP contribution is -1.83. The smallest absolute Gasteiger partial charge is 0.170 e. The molecule has 0 aliphatic heterocycles. The summed E-state index contributed by atoms with van der Waals surface area (Å²) in [6, 6.07) is 3.67. The molecule has 0 fully saturated rings. The summed E-state index contributed by atoms with van der Waals surface area (Å²) < 4.78 is 7.84. The number of hydrogen-bond acceptors (Lipinski definition) is 5. The lowest BCUT2D eigenvalue weighted by Gasteiger charge is -1.95. The Kier molecular flexibility index (Phi) is 2.39. The Morgan fingerprint density at radius 2 is 2.21 bits per heavy atom. The summed E-state index contributed by atoms with van der Waals surface area (Å²) in [5.74, 6) is 0. The molecule has 0 bridgehead atoms. The Morgan fingerprint density at radius 1 is 1.36 bits per heavy atom. The molecule has 0 saturated heterocycles. The Balaban J connectivity index is 2.53. The quantitative estimate of drug-likeness (QED) is 0.742. The molecule has 2 aromatic heterocycles. The summed E-state index contributed by atoms with van der Waals surface area (Å²) in [5, 5.41) is 9.01. The third-order valence-electron chi connectivity index (χ3n) is 1.59. The minimum Gasteiger partial charge on any atom is -0.263 e. The molecular weight excluding hydrogens is 220 g/mol. The van der Waals surface area contributed by atoms with Crippen LogP contribution < -0.4 is 0 Å². The van der Waals surface area contributed by atoms with E-state index in [2.05, 4.69) is 13.7 Å². The van der Waals surface area contributed by atoms with Crippen LogP contribution in [0.4, 0.5) is 0 Å². The van der Waals surface area contributed by atoms with E-state index in [1.807, 2.05) is 6.07 Å². The van der Waals surface area contributed by atoms with Gasteiger partial charge in [-0.05, 0) is 6.07 Å². The van der Waals surface area contributed by atoms with E-state index in [0.717, 1.165) is 11.7 Å². The second-order valence-corrected chi connectivity index (χ2v) is 3.36. The van der Waals surface area contributed by atoms with Crippen molar-refractivity contribution in [2.75, 3.05) is 0 Å². The number of aromatic nitrogens is 3. The molecule has 6 heteroatoms. The molecule has 0 atom stereocenters. The first-order valence-electron chi connectivity index (χ1n) is 3.65. The molecular formula is C8H3ClN4S. The van der Waals surface area contributed by atoms with Crippen LogP contribution in [0, 0.1) is 11.3 Å². The summed E-state index contributed by atoms with van der Waals surface area (Å²) in [7, 11) is 0. The van der Waals surface area contributed by atoms with Crippen LogP contribution in [0.3, 0.4) is 0 Å². The Bertz CT molecular complexity index is 502. The van der Waals surface area contributed by atoms with E-state index in [-0.39, 0.29) is 0 Å². The van der Waals surface area contributed by atoms with Crippen LogP contribution in [0.15, 0.2) is 18.5 Å². The van der Waals surface area contributed by atoms with E-state index in [0.29, 0.717) is 22.0 Å². The zero-order valence-corrected chi connectivity index (χ0v) is 8.38. The lowest BCUT2D eigenvalue weighted by molar-refractivity contribution is 1.29. The zero-order chi connectivity index (χ0) is 9.97. The topological polar surface area (TPSA) is 62.5 Å². The molecule has 2 aromatic rings. The second-order valence-electron chi connectivity index (χ2n) is 2.48. The highest BCUT2D eigenvalue weighted by atomic mass is 35.5. The van der Waals surface area contributed by atoms with Crippen LogP contribution in [-0.4, -0.2) is 13.7 Å². The number of nitriles is 1. The van der Waals surface area contributed by atoms with Gasteiger partial charge < -0.3 is 0 Å². The summed E-state index contributed by atoms with van der Waals surface area (Å²) in [4.78, 5) is 3.91. The average molecular weight is 223 g/mol. The van der Waals surface area contributed by atoms with Crippen LogP contribution in [0.25, 0.3) is 11.3 Å². The van der Waals surface area contributed by atoms with Crippen molar-refractivity contribution in [2.45, 2.75) is 0 Å². The maximum absolute atomic E-state index is 8.67. The van der Waals surface area contributed by atoms with Gasteiger partial charge in [0.25, 0.3) is 0 Å². The van der Waals surface area contributed by atoms with Gasteiger partial charge in [-0.2, -0.15) is 14.0 Å². The second kappa shape index (κ2) is 3.70. The van der Waals surface area contributed by atoms with Crippen molar-refractivity contribution in [3.05, 3.63) is 29.2 Å². The van der Waals surface area contributed by atoms with E-state index in [1.54, 1.807) is 12.3 Å². The molecule has 0 aromatic carbocycles. The molecule has 0 saturated carbocycles. The Hall–Kier alpha value is -1.51. The number of pyridine rings is 1.